The average Bonchev–Trinajstić information content (AvgIpc) is 3.15. The highest BCUT2D eigenvalue weighted by Gasteiger charge is 2.50. The van der Waals surface area contributed by atoms with Crippen LogP contribution in [0.2, 0.25) is 0 Å². The molecule has 0 atom stereocenters. The Morgan fingerprint density at radius 3 is 2.60 bits per heavy atom. The number of carbonyl (C=O) groups excluding carboxylic acids is 1. The van der Waals surface area contributed by atoms with E-state index in [9.17, 15) is 4.79 Å². The summed E-state index contributed by atoms with van der Waals surface area (Å²) in [5, 5.41) is 4.13. The zero-order chi connectivity index (χ0) is 14.2. The van der Waals surface area contributed by atoms with E-state index in [2.05, 4.69) is 5.10 Å². The Morgan fingerprint density at radius 1 is 1.35 bits per heavy atom. The fraction of sp³-hybridized carbons (Fsp3) is 0.375. The van der Waals surface area contributed by atoms with Gasteiger partial charge in [0.05, 0.1) is 11.6 Å². The first-order valence-corrected chi connectivity index (χ1v) is 6.97. The number of nitrogen functional groups attached to an aromatic ring is 1. The van der Waals surface area contributed by atoms with Crippen LogP contribution >= 0.6 is 0 Å². The predicted molar refractivity (Wildman–Crippen MR) is 78.3 cm³/mol. The van der Waals surface area contributed by atoms with Crippen molar-refractivity contribution in [3.8, 4) is 0 Å². The maximum Gasteiger partial charge on any atom is 0.143 e. The number of aromatic nitrogens is 2. The van der Waals surface area contributed by atoms with Crippen LogP contribution in [0.25, 0.3) is 0 Å². The Bertz CT molecular complexity index is 623. The van der Waals surface area contributed by atoms with E-state index in [1.54, 1.807) is 4.68 Å². The Morgan fingerprint density at radius 2 is 2.05 bits per heavy atom. The predicted octanol–water partition coefficient (Wildman–Crippen LogP) is 2.24. The van der Waals surface area contributed by atoms with Gasteiger partial charge < -0.3 is 5.73 Å². The van der Waals surface area contributed by atoms with E-state index in [0.717, 1.165) is 36.1 Å². The second kappa shape index (κ2) is 4.78. The summed E-state index contributed by atoms with van der Waals surface area (Å²) in [6, 6.07) is 7.74. The van der Waals surface area contributed by atoms with Crippen molar-refractivity contribution >= 4 is 11.5 Å². The molecule has 0 amide bonds. The minimum absolute atomic E-state index is 0.240. The zero-order valence-corrected chi connectivity index (χ0v) is 11.7. The van der Waals surface area contributed by atoms with E-state index in [4.69, 9.17) is 5.73 Å². The molecule has 2 aromatic rings. The normalized spacial score (nSPS) is 16.1. The average molecular weight is 269 g/mol. The molecule has 20 heavy (non-hydrogen) atoms. The van der Waals surface area contributed by atoms with Crippen molar-refractivity contribution in [1.29, 1.82) is 0 Å². The highest BCUT2D eigenvalue weighted by Crippen LogP contribution is 2.49. The molecule has 4 nitrogen and oxygen atoms in total. The lowest BCUT2D eigenvalue weighted by Gasteiger charge is -2.14. The summed E-state index contributed by atoms with van der Waals surface area (Å²) in [4.78, 5) is 12.5. The molecule has 1 heterocycles. The smallest absolute Gasteiger partial charge is 0.143 e. The van der Waals surface area contributed by atoms with Gasteiger partial charge >= 0.3 is 0 Å². The number of carbonyl (C=O) groups is 1. The topological polar surface area (TPSA) is 60.9 Å². The summed E-state index contributed by atoms with van der Waals surface area (Å²) in [7, 11) is 1.89. The van der Waals surface area contributed by atoms with E-state index < -0.39 is 0 Å². The van der Waals surface area contributed by atoms with Crippen LogP contribution in [0.5, 0.6) is 0 Å². The lowest BCUT2D eigenvalue weighted by Crippen LogP contribution is -2.20. The van der Waals surface area contributed by atoms with Gasteiger partial charge in [0, 0.05) is 25.4 Å². The minimum atomic E-state index is -0.240. The molecule has 1 aliphatic rings. The molecule has 0 spiro atoms. The number of nitrogens with zero attached hydrogens (tertiary/aromatic N) is 2. The highest BCUT2D eigenvalue weighted by atomic mass is 16.1. The highest BCUT2D eigenvalue weighted by molar-refractivity contribution is 5.93. The molecular formula is C16H19N3O. The first kappa shape index (κ1) is 12.9. The monoisotopic (exact) mass is 269 g/mol. The molecule has 0 radical (unpaired) electrons. The molecule has 4 heteroatoms. The fourth-order valence-electron chi connectivity index (χ4n) is 2.75. The Hall–Kier alpha value is -2.10. The Labute approximate surface area is 118 Å². The van der Waals surface area contributed by atoms with Crippen molar-refractivity contribution in [2.75, 3.05) is 5.73 Å². The first-order valence-electron chi connectivity index (χ1n) is 6.97. The van der Waals surface area contributed by atoms with Crippen molar-refractivity contribution < 1.29 is 4.79 Å². The standard InChI is InChI=1S/C16H19N3O/c1-19-11-12(10-18-19)2-7-15(20)16(8-9-16)13-3-5-14(17)6-4-13/h3-6,10-11H,2,7-9,17H2,1H3. The van der Waals surface area contributed by atoms with Gasteiger partial charge in [0.25, 0.3) is 0 Å². The maximum atomic E-state index is 12.5. The molecule has 1 aromatic heterocycles. The van der Waals surface area contributed by atoms with Gasteiger partial charge in [-0.25, -0.2) is 0 Å². The van der Waals surface area contributed by atoms with Gasteiger partial charge in [-0.1, -0.05) is 12.1 Å². The second-order valence-electron chi connectivity index (χ2n) is 5.65. The van der Waals surface area contributed by atoms with E-state index in [1.807, 2.05) is 43.7 Å². The lowest BCUT2D eigenvalue weighted by molar-refractivity contribution is -0.121. The van der Waals surface area contributed by atoms with Crippen molar-refractivity contribution in [1.82, 2.24) is 9.78 Å². The molecule has 2 N–H and O–H groups in total. The number of benzene rings is 1. The molecule has 1 saturated carbocycles. The molecule has 104 valence electrons. The van der Waals surface area contributed by atoms with Crippen LogP contribution in [0.3, 0.4) is 0 Å². The van der Waals surface area contributed by atoms with Crippen LogP contribution in [0.1, 0.15) is 30.4 Å². The van der Waals surface area contributed by atoms with Gasteiger partial charge in [0.1, 0.15) is 5.78 Å². The molecular weight excluding hydrogens is 250 g/mol. The summed E-state index contributed by atoms with van der Waals surface area (Å²) in [6.07, 6.45) is 7.07. The van der Waals surface area contributed by atoms with Crippen molar-refractivity contribution in [3.05, 3.63) is 47.8 Å². The van der Waals surface area contributed by atoms with Crippen molar-refractivity contribution in [2.45, 2.75) is 31.1 Å². The molecule has 1 aromatic carbocycles. The largest absolute Gasteiger partial charge is 0.399 e. The third-order valence-electron chi connectivity index (χ3n) is 4.15. The zero-order valence-electron chi connectivity index (χ0n) is 11.7. The van der Waals surface area contributed by atoms with Crippen LogP contribution in [0.4, 0.5) is 5.69 Å². The third kappa shape index (κ3) is 2.33. The fourth-order valence-corrected chi connectivity index (χ4v) is 2.75. The van der Waals surface area contributed by atoms with E-state index in [0.29, 0.717) is 12.2 Å². The molecule has 0 aliphatic heterocycles. The number of nitrogens with two attached hydrogens (primary N) is 1. The van der Waals surface area contributed by atoms with E-state index in [1.165, 1.54) is 0 Å². The van der Waals surface area contributed by atoms with Crippen LogP contribution in [0.15, 0.2) is 36.7 Å². The molecule has 0 saturated heterocycles. The SMILES string of the molecule is Cn1cc(CCC(=O)C2(c3ccc(N)cc3)CC2)cn1. The minimum Gasteiger partial charge on any atom is -0.399 e. The summed E-state index contributed by atoms with van der Waals surface area (Å²) in [5.41, 5.74) is 8.45. The van der Waals surface area contributed by atoms with Gasteiger partial charge in [-0.05, 0) is 42.5 Å². The lowest BCUT2D eigenvalue weighted by atomic mass is 9.88. The Balaban J connectivity index is 1.68. The number of Topliss-reactive ketones (excluding diaryl/α,β-unsaturated/α-hetero) is 1. The summed E-state index contributed by atoms with van der Waals surface area (Å²) in [6.45, 7) is 0. The maximum absolute atomic E-state index is 12.5. The number of rotatable bonds is 5. The van der Waals surface area contributed by atoms with Crippen molar-refractivity contribution in [2.24, 2.45) is 7.05 Å². The molecule has 1 aliphatic carbocycles. The van der Waals surface area contributed by atoms with E-state index >= 15 is 0 Å². The van der Waals surface area contributed by atoms with Crippen LogP contribution in [0, 0.1) is 0 Å². The van der Waals surface area contributed by atoms with Crippen LogP contribution < -0.4 is 5.73 Å². The summed E-state index contributed by atoms with van der Waals surface area (Å²) in [5.74, 6) is 0.339. The van der Waals surface area contributed by atoms with Gasteiger partial charge in [0.2, 0.25) is 0 Å². The number of ketones is 1. The number of hydrogen-bond donors (Lipinski definition) is 1. The number of aryl methyl sites for hydroxylation is 2. The first-order chi connectivity index (χ1) is 9.60. The molecule has 3 rings (SSSR count). The van der Waals surface area contributed by atoms with Crippen LogP contribution in [-0.4, -0.2) is 15.6 Å². The second-order valence-corrected chi connectivity index (χ2v) is 5.65. The van der Waals surface area contributed by atoms with Gasteiger partial charge in [0.15, 0.2) is 0 Å². The van der Waals surface area contributed by atoms with Crippen molar-refractivity contribution in [3.63, 3.8) is 0 Å². The van der Waals surface area contributed by atoms with Crippen LogP contribution in [-0.2, 0) is 23.7 Å². The summed E-state index contributed by atoms with van der Waals surface area (Å²) >= 11 is 0. The number of hydrogen-bond acceptors (Lipinski definition) is 3. The summed E-state index contributed by atoms with van der Waals surface area (Å²) < 4.78 is 1.77. The van der Waals surface area contributed by atoms with Gasteiger partial charge in [-0.15, -0.1) is 0 Å². The molecule has 1 fully saturated rings. The van der Waals surface area contributed by atoms with Gasteiger partial charge in [-0.3, -0.25) is 9.48 Å². The molecule has 0 bridgehead atoms. The Kier molecular flexibility index (Phi) is 3.08. The number of anilines is 1. The van der Waals surface area contributed by atoms with Gasteiger partial charge in [-0.2, -0.15) is 5.10 Å². The molecule has 0 unspecified atom stereocenters. The quantitative estimate of drug-likeness (QED) is 0.847. The third-order valence-corrected chi connectivity index (χ3v) is 4.15. The van der Waals surface area contributed by atoms with E-state index in [-0.39, 0.29) is 5.41 Å².